The van der Waals surface area contributed by atoms with Crippen LogP contribution in [-0.2, 0) is 11.4 Å². The predicted octanol–water partition coefficient (Wildman–Crippen LogP) is 4.13. The van der Waals surface area contributed by atoms with Crippen LogP contribution >= 0.6 is 25.2 Å². The second kappa shape index (κ2) is 11.9. The van der Waals surface area contributed by atoms with Gasteiger partial charge in [-0.3, -0.25) is 14.7 Å². The first kappa shape index (κ1) is 26.8. The first-order chi connectivity index (χ1) is 17.3. The van der Waals surface area contributed by atoms with Crippen molar-refractivity contribution in [3.05, 3.63) is 64.8 Å². The highest BCUT2D eigenvalue weighted by atomic mass is 79.9. The molecule has 0 spiro atoms. The van der Waals surface area contributed by atoms with Crippen LogP contribution in [0.4, 0.5) is 0 Å². The summed E-state index contributed by atoms with van der Waals surface area (Å²) in [7, 11) is 4.76. The van der Waals surface area contributed by atoms with E-state index >= 15 is 0 Å². The maximum atomic E-state index is 13.0. The normalized spacial score (nSPS) is 21.2. The van der Waals surface area contributed by atoms with Gasteiger partial charge >= 0.3 is 0 Å². The molecule has 7 nitrogen and oxygen atoms in total. The molecular formula is C27H34BrN4O3P. The molecule has 4 rings (SSSR count). The van der Waals surface area contributed by atoms with Gasteiger partial charge in [-0.1, -0.05) is 30.3 Å². The van der Waals surface area contributed by atoms with Crippen LogP contribution in [0.25, 0.3) is 10.9 Å². The van der Waals surface area contributed by atoms with Crippen LogP contribution in [0.3, 0.4) is 0 Å². The van der Waals surface area contributed by atoms with Crippen molar-refractivity contribution < 1.29 is 14.3 Å². The smallest absolute Gasteiger partial charge is 0.240 e. The summed E-state index contributed by atoms with van der Waals surface area (Å²) in [4.78, 5) is 19.6. The standard InChI is InChI=1S/C27H34BrN4O3P/c1-27(13-20(29)10-11-32(27)2)26(33)31-15-21(36)17-35-25-22-12-19(28)14-30-23(22)8-9-24(25)34-16-18-6-4-3-5-7-18/h3-9,12,14,20-21H,10-11,13,15-17,29,36H2,1-2H3,(H,31,33). The Morgan fingerprint density at radius 1 is 1.31 bits per heavy atom. The van der Waals surface area contributed by atoms with Gasteiger partial charge in [-0.15, -0.1) is 9.24 Å². The van der Waals surface area contributed by atoms with Crippen molar-refractivity contribution in [3.63, 3.8) is 0 Å². The molecule has 192 valence electrons. The molecule has 3 N–H and O–H groups in total. The van der Waals surface area contributed by atoms with Crippen LogP contribution in [0.1, 0.15) is 25.3 Å². The molecule has 1 saturated heterocycles. The number of piperidine rings is 1. The lowest BCUT2D eigenvalue weighted by Crippen LogP contribution is -2.61. The summed E-state index contributed by atoms with van der Waals surface area (Å²) in [5, 5.41) is 3.96. The van der Waals surface area contributed by atoms with Crippen LogP contribution in [0, 0.1) is 0 Å². The number of hydrogen-bond acceptors (Lipinski definition) is 6. The molecule has 1 fully saturated rings. The average Bonchev–Trinajstić information content (AvgIpc) is 2.87. The topological polar surface area (TPSA) is 89.7 Å². The lowest BCUT2D eigenvalue weighted by atomic mass is 9.85. The summed E-state index contributed by atoms with van der Waals surface area (Å²) in [6.45, 7) is 4.06. The molecule has 36 heavy (non-hydrogen) atoms. The minimum absolute atomic E-state index is 0.00206. The number of nitrogens with one attached hydrogen (secondary N) is 1. The number of hydrogen-bond donors (Lipinski definition) is 2. The third kappa shape index (κ3) is 6.35. The predicted molar refractivity (Wildman–Crippen MR) is 150 cm³/mol. The number of ether oxygens (including phenoxy) is 2. The van der Waals surface area contributed by atoms with Crippen LogP contribution in [0.2, 0.25) is 0 Å². The van der Waals surface area contributed by atoms with E-state index in [1.54, 1.807) is 6.20 Å². The van der Waals surface area contributed by atoms with Gasteiger partial charge in [-0.2, -0.15) is 0 Å². The van der Waals surface area contributed by atoms with E-state index < -0.39 is 5.54 Å². The van der Waals surface area contributed by atoms with Crippen LogP contribution in [0.15, 0.2) is 59.2 Å². The molecule has 4 unspecified atom stereocenters. The molecule has 3 aromatic rings. The molecule has 0 radical (unpaired) electrons. The Hall–Kier alpha value is -2.25. The molecule has 4 atom stereocenters. The number of amides is 1. The van der Waals surface area contributed by atoms with Gasteiger partial charge in [-0.25, -0.2) is 0 Å². The maximum Gasteiger partial charge on any atom is 0.240 e. The molecule has 0 bridgehead atoms. The second-order valence-corrected chi connectivity index (χ2v) is 11.5. The molecule has 9 heteroatoms. The van der Waals surface area contributed by atoms with Gasteiger partial charge in [0.15, 0.2) is 11.5 Å². The average molecular weight is 573 g/mol. The highest BCUT2D eigenvalue weighted by molar-refractivity contribution is 9.10. The van der Waals surface area contributed by atoms with E-state index in [-0.39, 0.29) is 17.6 Å². The van der Waals surface area contributed by atoms with E-state index in [0.29, 0.717) is 37.7 Å². The zero-order chi connectivity index (χ0) is 25.7. The van der Waals surface area contributed by atoms with E-state index in [4.69, 9.17) is 15.2 Å². The van der Waals surface area contributed by atoms with Crippen LogP contribution in [0.5, 0.6) is 11.5 Å². The number of carbonyl (C=O) groups is 1. The van der Waals surface area contributed by atoms with Gasteiger partial charge in [0, 0.05) is 40.8 Å². The van der Waals surface area contributed by atoms with Gasteiger partial charge < -0.3 is 20.5 Å². The number of halogens is 1. The van der Waals surface area contributed by atoms with Gasteiger partial charge in [0.05, 0.1) is 17.7 Å². The van der Waals surface area contributed by atoms with Gasteiger partial charge in [0.25, 0.3) is 0 Å². The van der Waals surface area contributed by atoms with Gasteiger partial charge in [-0.05, 0) is 66.5 Å². The van der Waals surface area contributed by atoms with Crippen molar-refractivity contribution in [2.45, 2.75) is 43.6 Å². The Balaban J connectivity index is 1.43. The van der Waals surface area contributed by atoms with Gasteiger partial charge in [0.1, 0.15) is 6.61 Å². The van der Waals surface area contributed by atoms with Crippen molar-refractivity contribution in [3.8, 4) is 11.5 Å². The quantitative estimate of drug-likeness (QED) is 0.375. The van der Waals surface area contributed by atoms with Crippen molar-refractivity contribution in [1.29, 1.82) is 0 Å². The van der Waals surface area contributed by atoms with E-state index in [0.717, 1.165) is 33.9 Å². The van der Waals surface area contributed by atoms with Crippen molar-refractivity contribution in [1.82, 2.24) is 15.2 Å². The van der Waals surface area contributed by atoms with Crippen LogP contribution in [-0.4, -0.2) is 59.8 Å². The third-order valence-corrected chi connectivity index (χ3v) is 7.64. The van der Waals surface area contributed by atoms with E-state index in [1.165, 1.54) is 0 Å². The molecule has 2 aromatic carbocycles. The molecule has 1 aliphatic rings. The fourth-order valence-corrected chi connectivity index (χ4v) is 4.98. The maximum absolute atomic E-state index is 13.0. The number of aromatic nitrogens is 1. The fourth-order valence-electron chi connectivity index (χ4n) is 4.43. The Morgan fingerprint density at radius 2 is 2.08 bits per heavy atom. The molecule has 0 saturated carbocycles. The Labute approximate surface area is 223 Å². The number of likely N-dealkylation sites (N-methyl/N-ethyl adjacent to an activating group) is 1. The zero-order valence-electron chi connectivity index (χ0n) is 20.7. The second-order valence-electron chi connectivity index (χ2n) is 9.62. The summed E-state index contributed by atoms with van der Waals surface area (Å²) < 4.78 is 13.3. The number of benzene rings is 2. The minimum Gasteiger partial charge on any atom is -0.488 e. The minimum atomic E-state index is -0.602. The first-order valence-electron chi connectivity index (χ1n) is 12.1. The van der Waals surface area contributed by atoms with Crippen LogP contribution < -0.4 is 20.5 Å². The molecule has 1 aliphatic heterocycles. The fraction of sp³-hybridized carbons (Fsp3) is 0.407. The Morgan fingerprint density at radius 3 is 2.86 bits per heavy atom. The number of rotatable bonds is 9. The highest BCUT2D eigenvalue weighted by Crippen LogP contribution is 2.37. The number of likely N-dealkylation sites (tertiary alicyclic amines) is 1. The van der Waals surface area contributed by atoms with Gasteiger partial charge in [0.2, 0.25) is 5.91 Å². The number of pyridine rings is 1. The third-order valence-electron chi connectivity index (χ3n) is 6.78. The Kier molecular flexibility index (Phi) is 8.83. The molecule has 0 aliphatic carbocycles. The summed E-state index contributed by atoms with van der Waals surface area (Å²) in [5.41, 5.74) is 7.45. The summed E-state index contributed by atoms with van der Waals surface area (Å²) in [6, 6.07) is 15.9. The molecule has 2 heterocycles. The largest absolute Gasteiger partial charge is 0.488 e. The van der Waals surface area contributed by atoms with E-state index in [9.17, 15) is 4.79 Å². The van der Waals surface area contributed by atoms with Crippen molar-refractivity contribution in [2.75, 3.05) is 26.7 Å². The Bertz CT molecular complexity index is 1200. The lowest BCUT2D eigenvalue weighted by molar-refractivity contribution is -0.134. The number of fused-ring (bicyclic) bond motifs is 1. The molecular weight excluding hydrogens is 539 g/mol. The summed E-state index contributed by atoms with van der Waals surface area (Å²) in [5.74, 6) is 1.29. The number of carbonyl (C=O) groups excluding carboxylic acids is 1. The zero-order valence-corrected chi connectivity index (χ0v) is 23.5. The van der Waals surface area contributed by atoms with E-state index in [2.05, 4.69) is 40.4 Å². The first-order valence-corrected chi connectivity index (χ1v) is 13.6. The summed E-state index contributed by atoms with van der Waals surface area (Å²) >= 11 is 3.52. The molecule has 1 aromatic heterocycles. The highest BCUT2D eigenvalue weighted by Gasteiger charge is 2.41. The number of nitrogens with two attached hydrogens (primary N) is 1. The monoisotopic (exact) mass is 572 g/mol. The van der Waals surface area contributed by atoms with Crippen molar-refractivity contribution in [2.24, 2.45) is 5.73 Å². The summed E-state index contributed by atoms with van der Waals surface area (Å²) in [6.07, 6.45) is 3.32. The molecule has 1 amide bonds. The SMILES string of the molecule is CN1CCC(N)CC1(C)C(=O)NCC(P)COc1c(OCc2ccccc2)ccc2ncc(Br)cc12. The lowest BCUT2D eigenvalue weighted by Gasteiger charge is -2.43. The van der Waals surface area contributed by atoms with E-state index in [1.807, 2.05) is 62.5 Å². The number of nitrogens with zero attached hydrogens (tertiary/aromatic N) is 2. The van der Waals surface area contributed by atoms with Crippen molar-refractivity contribution >= 4 is 42.0 Å².